The molecule has 0 radical (unpaired) electrons. The Bertz CT molecular complexity index is 553. The van der Waals surface area contributed by atoms with Crippen molar-refractivity contribution in [2.45, 2.75) is 25.7 Å². The predicted molar refractivity (Wildman–Crippen MR) is 69.7 cm³/mol. The first kappa shape index (κ1) is 11.3. The Hall–Kier alpha value is -1.83. The average molecular weight is 240 g/mol. The van der Waals surface area contributed by atoms with Crippen molar-refractivity contribution in [3.8, 4) is 0 Å². The van der Waals surface area contributed by atoms with Gasteiger partial charge < -0.3 is 4.42 Å². The van der Waals surface area contributed by atoms with Gasteiger partial charge in [0.2, 0.25) is 0 Å². The summed E-state index contributed by atoms with van der Waals surface area (Å²) >= 11 is 0. The number of carbonyl (C=O) groups is 1. The minimum absolute atomic E-state index is 0.148. The molecular weight excluding hydrogens is 224 g/mol. The van der Waals surface area contributed by atoms with Gasteiger partial charge in [-0.25, -0.2) is 0 Å². The first-order valence-electron chi connectivity index (χ1n) is 6.46. The number of aryl methyl sites for hydroxylation is 1. The maximum Gasteiger partial charge on any atom is 0.170 e. The summed E-state index contributed by atoms with van der Waals surface area (Å²) in [6.07, 6.45) is 3.36. The second kappa shape index (κ2) is 4.45. The number of benzene rings is 1. The van der Waals surface area contributed by atoms with Crippen molar-refractivity contribution in [2.24, 2.45) is 5.92 Å². The van der Waals surface area contributed by atoms with Gasteiger partial charge in [0.1, 0.15) is 5.76 Å². The van der Waals surface area contributed by atoms with Gasteiger partial charge in [-0.2, -0.15) is 0 Å². The Balaban J connectivity index is 1.77. The summed E-state index contributed by atoms with van der Waals surface area (Å²) in [4.78, 5) is 12.4. The summed E-state index contributed by atoms with van der Waals surface area (Å²) in [6, 6.07) is 12.1. The maximum absolute atomic E-state index is 12.4. The van der Waals surface area contributed by atoms with Crippen LogP contribution >= 0.6 is 0 Å². The van der Waals surface area contributed by atoms with Gasteiger partial charge in [0.15, 0.2) is 5.78 Å². The highest BCUT2D eigenvalue weighted by atomic mass is 16.3. The number of furan rings is 1. The Morgan fingerprint density at radius 1 is 1.28 bits per heavy atom. The van der Waals surface area contributed by atoms with Crippen LogP contribution < -0.4 is 0 Å². The first-order chi connectivity index (χ1) is 8.81. The van der Waals surface area contributed by atoms with E-state index in [1.165, 1.54) is 5.56 Å². The first-order valence-corrected chi connectivity index (χ1v) is 6.46. The summed E-state index contributed by atoms with van der Waals surface area (Å²) in [5.74, 6) is 1.61. The van der Waals surface area contributed by atoms with Gasteiger partial charge in [-0.1, -0.05) is 37.3 Å². The third kappa shape index (κ3) is 1.88. The molecule has 2 nitrogen and oxygen atoms in total. The lowest BCUT2D eigenvalue weighted by Gasteiger charge is -2.00. The van der Waals surface area contributed by atoms with Crippen LogP contribution in [0.25, 0.3) is 0 Å². The van der Waals surface area contributed by atoms with E-state index in [-0.39, 0.29) is 11.7 Å². The minimum atomic E-state index is 0.148. The Kier molecular flexibility index (Phi) is 2.78. The molecule has 0 N–H and O–H groups in total. The number of hydrogen-bond donors (Lipinski definition) is 0. The van der Waals surface area contributed by atoms with E-state index in [9.17, 15) is 4.79 Å². The third-order valence-corrected chi connectivity index (χ3v) is 3.69. The van der Waals surface area contributed by atoms with Gasteiger partial charge in [-0.05, 0) is 24.0 Å². The van der Waals surface area contributed by atoms with Crippen LogP contribution in [0, 0.1) is 5.92 Å². The van der Waals surface area contributed by atoms with Gasteiger partial charge in [-0.3, -0.25) is 4.79 Å². The molecule has 0 amide bonds. The molecule has 1 aliphatic rings. The third-order valence-electron chi connectivity index (χ3n) is 3.69. The molecule has 0 bridgehead atoms. The molecule has 1 heterocycles. The monoisotopic (exact) mass is 240 g/mol. The zero-order valence-electron chi connectivity index (χ0n) is 10.4. The largest absolute Gasteiger partial charge is 0.469 e. The van der Waals surface area contributed by atoms with Crippen molar-refractivity contribution < 1.29 is 9.21 Å². The molecule has 1 aromatic carbocycles. The molecule has 2 aromatic rings. The van der Waals surface area contributed by atoms with Crippen molar-refractivity contribution >= 4 is 5.78 Å². The number of hydrogen-bond acceptors (Lipinski definition) is 2. The van der Waals surface area contributed by atoms with Crippen LogP contribution in [0.1, 0.15) is 40.9 Å². The average Bonchev–Trinajstić information content (AvgIpc) is 3.08. The topological polar surface area (TPSA) is 30.2 Å². The molecule has 1 fully saturated rings. The molecule has 18 heavy (non-hydrogen) atoms. The van der Waals surface area contributed by atoms with Gasteiger partial charge >= 0.3 is 0 Å². The van der Waals surface area contributed by atoms with E-state index in [1.54, 1.807) is 6.26 Å². The van der Waals surface area contributed by atoms with Gasteiger partial charge in [0.25, 0.3) is 0 Å². The van der Waals surface area contributed by atoms with E-state index >= 15 is 0 Å². The van der Waals surface area contributed by atoms with Crippen molar-refractivity contribution in [1.29, 1.82) is 0 Å². The van der Waals surface area contributed by atoms with Crippen molar-refractivity contribution in [3.05, 3.63) is 59.5 Å². The highest BCUT2D eigenvalue weighted by Crippen LogP contribution is 2.49. The van der Waals surface area contributed by atoms with Crippen LogP contribution in [0.4, 0.5) is 0 Å². The van der Waals surface area contributed by atoms with Crippen molar-refractivity contribution in [2.75, 3.05) is 0 Å². The highest BCUT2D eigenvalue weighted by molar-refractivity contribution is 6.01. The zero-order chi connectivity index (χ0) is 12.5. The molecule has 1 aliphatic carbocycles. The van der Waals surface area contributed by atoms with Crippen LogP contribution in [0.2, 0.25) is 0 Å². The lowest BCUT2D eigenvalue weighted by Crippen LogP contribution is -2.04. The summed E-state index contributed by atoms with van der Waals surface area (Å²) in [6.45, 7) is 2.01. The van der Waals surface area contributed by atoms with Crippen LogP contribution in [0.5, 0.6) is 0 Å². The van der Waals surface area contributed by atoms with Crippen LogP contribution in [0.15, 0.2) is 47.1 Å². The molecule has 1 aromatic heterocycles. The molecule has 92 valence electrons. The van der Waals surface area contributed by atoms with E-state index in [1.807, 2.05) is 31.2 Å². The van der Waals surface area contributed by atoms with E-state index in [0.29, 0.717) is 5.92 Å². The second-order valence-corrected chi connectivity index (χ2v) is 4.83. The lowest BCUT2D eigenvalue weighted by molar-refractivity contribution is 0.0963. The second-order valence-electron chi connectivity index (χ2n) is 4.83. The molecule has 2 heteroatoms. The molecule has 2 unspecified atom stereocenters. The number of Topliss-reactive ketones (excluding diaryl/α,β-unsaturated/α-hetero) is 1. The summed E-state index contributed by atoms with van der Waals surface area (Å²) in [7, 11) is 0. The molecular formula is C16H16O2. The summed E-state index contributed by atoms with van der Waals surface area (Å²) < 4.78 is 5.33. The normalized spacial score (nSPS) is 21.8. The fraction of sp³-hybridized carbons (Fsp3) is 0.312. The molecule has 1 saturated carbocycles. The van der Waals surface area contributed by atoms with E-state index in [2.05, 4.69) is 12.1 Å². The van der Waals surface area contributed by atoms with E-state index in [4.69, 9.17) is 4.42 Å². The van der Waals surface area contributed by atoms with Gasteiger partial charge in [0, 0.05) is 12.3 Å². The van der Waals surface area contributed by atoms with Crippen LogP contribution in [0.3, 0.4) is 0 Å². The molecule has 2 atom stereocenters. The lowest BCUT2D eigenvalue weighted by atomic mass is 10.0. The highest BCUT2D eigenvalue weighted by Gasteiger charge is 2.44. The predicted octanol–water partition coefficient (Wildman–Crippen LogP) is 3.83. The Morgan fingerprint density at radius 2 is 2.06 bits per heavy atom. The SMILES string of the molecule is CCc1occc1C(=O)C1CC1c1ccccc1. The molecule has 0 saturated heterocycles. The molecule has 3 rings (SSSR count). The standard InChI is InChI=1S/C16H16O2/c1-2-15-12(8-9-18-15)16(17)14-10-13(14)11-6-4-3-5-7-11/h3-9,13-14H,2,10H2,1H3. The number of carbonyl (C=O) groups excluding carboxylic acids is 1. The minimum Gasteiger partial charge on any atom is -0.469 e. The summed E-state index contributed by atoms with van der Waals surface area (Å²) in [5.41, 5.74) is 2.05. The van der Waals surface area contributed by atoms with E-state index in [0.717, 1.165) is 24.2 Å². The Labute approximate surface area is 107 Å². The maximum atomic E-state index is 12.4. The van der Waals surface area contributed by atoms with Gasteiger partial charge in [0.05, 0.1) is 11.8 Å². The van der Waals surface area contributed by atoms with Crippen LogP contribution in [-0.4, -0.2) is 5.78 Å². The number of rotatable bonds is 4. The van der Waals surface area contributed by atoms with Crippen molar-refractivity contribution in [1.82, 2.24) is 0 Å². The van der Waals surface area contributed by atoms with E-state index < -0.39 is 0 Å². The quantitative estimate of drug-likeness (QED) is 0.760. The Morgan fingerprint density at radius 3 is 2.78 bits per heavy atom. The van der Waals surface area contributed by atoms with Crippen molar-refractivity contribution in [3.63, 3.8) is 0 Å². The fourth-order valence-electron chi connectivity index (χ4n) is 2.59. The number of ketones is 1. The smallest absolute Gasteiger partial charge is 0.170 e. The van der Waals surface area contributed by atoms with Gasteiger partial charge in [-0.15, -0.1) is 0 Å². The fourth-order valence-corrected chi connectivity index (χ4v) is 2.59. The zero-order valence-corrected chi connectivity index (χ0v) is 10.4. The molecule has 0 spiro atoms. The van der Waals surface area contributed by atoms with Crippen LogP contribution in [-0.2, 0) is 6.42 Å². The molecule has 0 aliphatic heterocycles. The summed E-state index contributed by atoms with van der Waals surface area (Å²) in [5, 5.41) is 0.